The monoisotopic (exact) mass is 312 g/mol. The second-order valence-corrected chi connectivity index (χ2v) is 7.22. The maximum absolute atomic E-state index is 9.92. The lowest BCUT2D eigenvalue weighted by Gasteiger charge is -2.26. The van der Waals surface area contributed by atoms with Crippen LogP contribution in [-0.4, -0.2) is 16.3 Å². The SMILES string of the molecule is CC(C)C(O)CCc1ccc(C(C)(C)c2ccc(O)cc2)cc1. The molecule has 0 saturated heterocycles. The van der Waals surface area contributed by atoms with Gasteiger partial charge in [0.1, 0.15) is 5.75 Å². The highest BCUT2D eigenvalue weighted by Crippen LogP contribution is 2.32. The normalized spacial score (nSPS) is 13.3. The molecule has 2 N–H and O–H groups in total. The Labute approximate surface area is 139 Å². The van der Waals surface area contributed by atoms with Crippen molar-refractivity contribution in [1.82, 2.24) is 0 Å². The standard InChI is InChI=1S/C21H28O2/c1-15(2)20(23)14-7-16-5-8-17(9-6-16)21(3,4)18-10-12-19(22)13-11-18/h5-6,8-13,15,20,22-23H,7,14H2,1-4H3. The molecule has 1 unspecified atom stereocenters. The first kappa shape index (κ1) is 17.6. The Morgan fingerprint density at radius 1 is 0.870 bits per heavy atom. The molecule has 124 valence electrons. The van der Waals surface area contributed by atoms with Crippen molar-refractivity contribution in [3.63, 3.8) is 0 Å². The van der Waals surface area contributed by atoms with Crippen LogP contribution >= 0.6 is 0 Å². The van der Waals surface area contributed by atoms with Crippen LogP contribution in [0, 0.1) is 5.92 Å². The van der Waals surface area contributed by atoms with Crippen molar-refractivity contribution in [3.8, 4) is 5.75 Å². The fraction of sp³-hybridized carbons (Fsp3) is 0.429. The van der Waals surface area contributed by atoms with Crippen LogP contribution in [-0.2, 0) is 11.8 Å². The van der Waals surface area contributed by atoms with Crippen LogP contribution in [0.1, 0.15) is 50.8 Å². The van der Waals surface area contributed by atoms with Gasteiger partial charge in [-0.2, -0.15) is 0 Å². The Hall–Kier alpha value is -1.80. The summed E-state index contributed by atoms with van der Waals surface area (Å²) in [6, 6.07) is 16.1. The predicted molar refractivity (Wildman–Crippen MR) is 95.8 cm³/mol. The summed E-state index contributed by atoms with van der Waals surface area (Å²) in [6.07, 6.45) is 1.47. The summed E-state index contributed by atoms with van der Waals surface area (Å²) in [5, 5.41) is 19.4. The number of benzene rings is 2. The molecule has 0 aliphatic carbocycles. The summed E-state index contributed by atoms with van der Waals surface area (Å²) in [4.78, 5) is 0. The smallest absolute Gasteiger partial charge is 0.115 e. The van der Waals surface area contributed by atoms with Crippen molar-refractivity contribution in [2.45, 2.75) is 52.1 Å². The van der Waals surface area contributed by atoms with Crippen LogP contribution in [0.4, 0.5) is 0 Å². The number of aliphatic hydroxyl groups excluding tert-OH is 1. The van der Waals surface area contributed by atoms with E-state index in [-0.39, 0.29) is 11.5 Å². The zero-order chi connectivity index (χ0) is 17.0. The van der Waals surface area contributed by atoms with E-state index in [9.17, 15) is 10.2 Å². The first-order valence-electron chi connectivity index (χ1n) is 8.37. The van der Waals surface area contributed by atoms with Crippen LogP contribution in [0.5, 0.6) is 5.75 Å². The van der Waals surface area contributed by atoms with Crippen molar-refractivity contribution in [2.24, 2.45) is 5.92 Å². The molecular weight excluding hydrogens is 284 g/mol. The molecule has 0 fully saturated rings. The molecule has 0 bridgehead atoms. The molecule has 2 nitrogen and oxygen atoms in total. The lowest BCUT2D eigenvalue weighted by molar-refractivity contribution is 0.116. The Morgan fingerprint density at radius 2 is 1.35 bits per heavy atom. The van der Waals surface area contributed by atoms with Crippen LogP contribution in [0.3, 0.4) is 0 Å². The van der Waals surface area contributed by atoms with Gasteiger partial charge in [-0.25, -0.2) is 0 Å². The summed E-state index contributed by atoms with van der Waals surface area (Å²) in [5.74, 6) is 0.603. The van der Waals surface area contributed by atoms with Gasteiger partial charge < -0.3 is 10.2 Å². The van der Waals surface area contributed by atoms with Gasteiger partial charge in [-0.05, 0) is 47.6 Å². The molecule has 0 radical (unpaired) electrons. The molecule has 2 aromatic carbocycles. The summed E-state index contributed by atoms with van der Waals surface area (Å²) < 4.78 is 0. The first-order chi connectivity index (χ1) is 10.8. The molecule has 1 atom stereocenters. The lowest BCUT2D eigenvalue weighted by atomic mass is 9.78. The lowest BCUT2D eigenvalue weighted by Crippen LogP contribution is -2.19. The van der Waals surface area contributed by atoms with Gasteiger partial charge in [0.25, 0.3) is 0 Å². The molecule has 0 saturated carbocycles. The third-order valence-electron chi connectivity index (χ3n) is 4.76. The zero-order valence-corrected chi connectivity index (χ0v) is 14.6. The van der Waals surface area contributed by atoms with Crippen LogP contribution in [0.25, 0.3) is 0 Å². The molecule has 2 aromatic rings. The quantitative estimate of drug-likeness (QED) is 0.814. The van der Waals surface area contributed by atoms with Crippen molar-refractivity contribution in [2.75, 3.05) is 0 Å². The van der Waals surface area contributed by atoms with E-state index in [0.29, 0.717) is 11.7 Å². The average molecular weight is 312 g/mol. The molecule has 0 spiro atoms. The highest BCUT2D eigenvalue weighted by molar-refractivity contribution is 5.40. The first-order valence-corrected chi connectivity index (χ1v) is 8.37. The van der Waals surface area contributed by atoms with Gasteiger partial charge in [-0.1, -0.05) is 64.1 Å². The van der Waals surface area contributed by atoms with Crippen molar-refractivity contribution < 1.29 is 10.2 Å². The number of phenolic OH excluding ortho intramolecular Hbond substituents is 1. The number of aliphatic hydroxyl groups is 1. The minimum Gasteiger partial charge on any atom is -0.508 e. The molecule has 0 amide bonds. The van der Waals surface area contributed by atoms with Gasteiger partial charge in [0.15, 0.2) is 0 Å². The van der Waals surface area contributed by atoms with Gasteiger partial charge in [0, 0.05) is 5.41 Å². The average Bonchev–Trinajstić information content (AvgIpc) is 2.53. The Bertz CT molecular complexity index is 609. The Morgan fingerprint density at radius 3 is 1.83 bits per heavy atom. The van der Waals surface area contributed by atoms with Gasteiger partial charge in [0.05, 0.1) is 6.10 Å². The molecule has 2 heteroatoms. The molecule has 0 aliphatic rings. The molecule has 0 heterocycles. The number of hydrogen-bond acceptors (Lipinski definition) is 2. The fourth-order valence-corrected chi connectivity index (χ4v) is 2.78. The third kappa shape index (κ3) is 4.35. The minimum absolute atomic E-state index is 0.107. The largest absolute Gasteiger partial charge is 0.508 e. The Kier molecular flexibility index (Phi) is 5.48. The number of rotatable bonds is 6. The van der Waals surface area contributed by atoms with E-state index >= 15 is 0 Å². The van der Waals surface area contributed by atoms with E-state index in [4.69, 9.17) is 0 Å². The summed E-state index contributed by atoms with van der Waals surface area (Å²) in [7, 11) is 0. The summed E-state index contributed by atoms with van der Waals surface area (Å²) in [5.41, 5.74) is 3.58. The summed E-state index contributed by atoms with van der Waals surface area (Å²) >= 11 is 0. The number of phenols is 1. The highest BCUT2D eigenvalue weighted by Gasteiger charge is 2.22. The van der Waals surface area contributed by atoms with Gasteiger partial charge in [-0.15, -0.1) is 0 Å². The molecular formula is C21H28O2. The van der Waals surface area contributed by atoms with E-state index in [0.717, 1.165) is 12.8 Å². The van der Waals surface area contributed by atoms with Crippen molar-refractivity contribution in [1.29, 1.82) is 0 Å². The second kappa shape index (κ2) is 7.18. The van der Waals surface area contributed by atoms with Gasteiger partial charge in [0.2, 0.25) is 0 Å². The topological polar surface area (TPSA) is 40.5 Å². The van der Waals surface area contributed by atoms with E-state index < -0.39 is 0 Å². The minimum atomic E-state index is -0.233. The Balaban J connectivity index is 2.10. The molecule has 0 aromatic heterocycles. The number of aromatic hydroxyl groups is 1. The molecule has 0 aliphatic heterocycles. The van der Waals surface area contributed by atoms with Gasteiger partial charge >= 0.3 is 0 Å². The maximum atomic E-state index is 9.92. The van der Waals surface area contributed by atoms with Crippen LogP contribution in [0.15, 0.2) is 48.5 Å². The third-order valence-corrected chi connectivity index (χ3v) is 4.76. The fourth-order valence-electron chi connectivity index (χ4n) is 2.78. The number of aryl methyl sites for hydroxylation is 1. The van der Waals surface area contributed by atoms with Gasteiger partial charge in [-0.3, -0.25) is 0 Å². The van der Waals surface area contributed by atoms with Crippen LogP contribution < -0.4 is 0 Å². The zero-order valence-electron chi connectivity index (χ0n) is 14.6. The van der Waals surface area contributed by atoms with E-state index in [1.165, 1.54) is 16.7 Å². The van der Waals surface area contributed by atoms with E-state index in [1.54, 1.807) is 12.1 Å². The number of hydrogen-bond donors (Lipinski definition) is 2. The second-order valence-electron chi connectivity index (χ2n) is 7.22. The van der Waals surface area contributed by atoms with Crippen molar-refractivity contribution >= 4 is 0 Å². The van der Waals surface area contributed by atoms with Crippen molar-refractivity contribution in [3.05, 3.63) is 65.2 Å². The molecule has 2 rings (SSSR count). The van der Waals surface area contributed by atoms with Crippen LogP contribution in [0.2, 0.25) is 0 Å². The summed E-state index contributed by atoms with van der Waals surface area (Å²) in [6.45, 7) is 8.48. The van der Waals surface area contributed by atoms with E-state index in [1.807, 2.05) is 26.0 Å². The highest BCUT2D eigenvalue weighted by atomic mass is 16.3. The molecule has 23 heavy (non-hydrogen) atoms. The van der Waals surface area contributed by atoms with E-state index in [2.05, 4.69) is 38.1 Å². The predicted octanol–water partition coefficient (Wildman–Crippen LogP) is 4.67. The maximum Gasteiger partial charge on any atom is 0.115 e.